The van der Waals surface area contributed by atoms with E-state index in [1.54, 1.807) is 0 Å². The molecule has 38 heavy (non-hydrogen) atoms. The van der Waals surface area contributed by atoms with Crippen LogP contribution in [0.2, 0.25) is 0 Å². The molecular weight excluding hydrogens is 493 g/mol. The number of anilines is 1. The van der Waals surface area contributed by atoms with Crippen LogP contribution in [-0.4, -0.2) is 72.1 Å². The number of likely N-dealkylation sites (tertiary alicyclic amines) is 1. The molecule has 2 saturated heterocycles. The summed E-state index contributed by atoms with van der Waals surface area (Å²) in [5.41, 5.74) is 0.435. The molecule has 1 aromatic carbocycles. The number of Topliss-reactive ketones (excluding diaryl/α,β-unsaturated/α-hetero) is 1. The van der Waals surface area contributed by atoms with Crippen molar-refractivity contribution in [1.29, 1.82) is 0 Å². The first-order valence-electron chi connectivity index (χ1n) is 13.3. The van der Waals surface area contributed by atoms with Gasteiger partial charge in [-0.1, -0.05) is 13.8 Å². The van der Waals surface area contributed by atoms with Crippen LogP contribution in [0.3, 0.4) is 0 Å². The minimum atomic E-state index is -1.16. The summed E-state index contributed by atoms with van der Waals surface area (Å²) in [7, 11) is 0. The number of piperidine rings is 1. The molecule has 10 nitrogen and oxygen atoms in total. The van der Waals surface area contributed by atoms with Crippen LogP contribution in [0.25, 0.3) is 0 Å². The Kier molecular flexibility index (Phi) is 6.87. The SMILES string of the molecule is CC1(C)[C@@H]2[C@@H](C(=O)N[C@@H](C[C@@H]3CCNC3=O)C(=O)C(=O)NC3CC3)N(C(=O)CNc3ccc(F)cc3)C[C@@H]21. The largest absolute Gasteiger partial charge is 0.376 e. The Morgan fingerprint density at radius 3 is 2.47 bits per heavy atom. The van der Waals surface area contributed by atoms with Gasteiger partial charge < -0.3 is 26.2 Å². The van der Waals surface area contributed by atoms with E-state index < -0.39 is 35.6 Å². The number of hydrogen-bond acceptors (Lipinski definition) is 6. The fourth-order valence-corrected chi connectivity index (χ4v) is 5.98. The van der Waals surface area contributed by atoms with Crippen molar-refractivity contribution in [1.82, 2.24) is 20.9 Å². The number of benzene rings is 1. The van der Waals surface area contributed by atoms with Crippen LogP contribution < -0.4 is 21.3 Å². The lowest BCUT2D eigenvalue weighted by atomic mass is 9.94. The highest BCUT2D eigenvalue weighted by Gasteiger charge is 2.69. The van der Waals surface area contributed by atoms with Crippen molar-refractivity contribution in [2.75, 3.05) is 25.0 Å². The monoisotopic (exact) mass is 527 g/mol. The van der Waals surface area contributed by atoms with Crippen molar-refractivity contribution in [3.05, 3.63) is 30.1 Å². The van der Waals surface area contributed by atoms with Gasteiger partial charge in [-0.2, -0.15) is 0 Å². The van der Waals surface area contributed by atoms with Gasteiger partial charge in [-0.25, -0.2) is 4.39 Å². The fourth-order valence-electron chi connectivity index (χ4n) is 5.98. The van der Waals surface area contributed by atoms with Crippen LogP contribution in [0.1, 0.15) is 39.5 Å². The van der Waals surface area contributed by atoms with Gasteiger partial charge in [0.25, 0.3) is 5.91 Å². The third kappa shape index (κ3) is 5.23. The number of halogens is 1. The van der Waals surface area contributed by atoms with Crippen LogP contribution in [0.4, 0.5) is 10.1 Å². The molecule has 5 atom stereocenters. The molecule has 2 aliphatic heterocycles. The van der Waals surface area contributed by atoms with Gasteiger partial charge in [0.05, 0.1) is 12.6 Å². The van der Waals surface area contributed by atoms with E-state index in [1.165, 1.54) is 29.2 Å². The van der Waals surface area contributed by atoms with Crippen molar-refractivity contribution >= 4 is 35.1 Å². The second-order valence-corrected chi connectivity index (χ2v) is 11.5. The molecule has 0 radical (unpaired) electrons. The number of hydrogen-bond donors (Lipinski definition) is 4. The zero-order chi connectivity index (χ0) is 27.2. The summed E-state index contributed by atoms with van der Waals surface area (Å²) in [6.07, 6.45) is 2.16. The summed E-state index contributed by atoms with van der Waals surface area (Å²) in [4.78, 5) is 66.3. The van der Waals surface area contributed by atoms with E-state index in [4.69, 9.17) is 0 Å². The second kappa shape index (κ2) is 9.99. The fraction of sp³-hybridized carbons (Fsp3) is 0.593. The summed E-state index contributed by atoms with van der Waals surface area (Å²) in [6.45, 7) is 4.91. The normalized spacial score (nSPS) is 27.7. The summed E-state index contributed by atoms with van der Waals surface area (Å²) in [6, 6.07) is 3.65. The second-order valence-electron chi connectivity index (χ2n) is 11.5. The van der Waals surface area contributed by atoms with E-state index in [1.807, 2.05) is 0 Å². The third-order valence-electron chi connectivity index (χ3n) is 8.54. The quantitative estimate of drug-likeness (QED) is 0.329. The van der Waals surface area contributed by atoms with E-state index in [2.05, 4.69) is 35.1 Å². The summed E-state index contributed by atoms with van der Waals surface area (Å²) in [5.74, 6) is -3.32. The maximum atomic E-state index is 13.7. The van der Waals surface area contributed by atoms with Crippen molar-refractivity contribution in [2.45, 2.75) is 57.7 Å². The first-order chi connectivity index (χ1) is 18.1. The predicted molar refractivity (Wildman–Crippen MR) is 135 cm³/mol. The van der Waals surface area contributed by atoms with Crippen LogP contribution in [0.5, 0.6) is 0 Å². The van der Waals surface area contributed by atoms with E-state index in [-0.39, 0.29) is 53.9 Å². The average molecular weight is 528 g/mol. The zero-order valence-electron chi connectivity index (χ0n) is 21.6. The molecule has 0 spiro atoms. The number of carbonyl (C=O) groups is 5. The predicted octanol–water partition coefficient (Wildman–Crippen LogP) is 0.579. The van der Waals surface area contributed by atoms with Crippen LogP contribution in [0.15, 0.2) is 24.3 Å². The summed E-state index contributed by atoms with van der Waals surface area (Å²) < 4.78 is 13.2. The average Bonchev–Trinajstić information content (AvgIpc) is 3.64. The molecule has 0 bridgehead atoms. The molecule has 4 aliphatic rings. The zero-order valence-corrected chi connectivity index (χ0v) is 21.6. The Bertz CT molecular complexity index is 1150. The smallest absolute Gasteiger partial charge is 0.289 e. The molecule has 204 valence electrons. The van der Waals surface area contributed by atoms with Gasteiger partial charge in [-0.05, 0) is 67.2 Å². The number of amides is 4. The molecule has 1 aromatic rings. The number of nitrogens with one attached hydrogen (secondary N) is 4. The number of ketones is 1. The lowest BCUT2D eigenvalue weighted by Gasteiger charge is -2.31. The molecule has 4 fully saturated rings. The minimum Gasteiger partial charge on any atom is -0.376 e. The molecule has 4 N–H and O–H groups in total. The van der Waals surface area contributed by atoms with Crippen LogP contribution >= 0.6 is 0 Å². The first kappa shape index (κ1) is 26.1. The molecule has 2 saturated carbocycles. The van der Waals surface area contributed by atoms with Crippen LogP contribution in [0, 0.1) is 29.0 Å². The highest BCUT2D eigenvalue weighted by molar-refractivity contribution is 6.38. The lowest BCUT2D eigenvalue weighted by molar-refractivity contribution is -0.143. The van der Waals surface area contributed by atoms with Crippen molar-refractivity contribution in [3.8, 4) is 0 Å². The van der Waals surface area contributed by atoms with E-state index in [0.717, 1.165) is 12.8 Å². The Morgan fingerprint density at radius 2 is 1.84 bits per heavy atom. The first-order valence-corrected chi connectivity index (χ1v) is 13.3. The molecule has 0 aromatic heterocycles. The van der Waals surface area contributed by atoms with Gasteiger partial charge in [0.2, 0.25) is 23.5 Å². The van der Waals surface area contributed by atoms with Gasteiger partial charge in [-0.3, -0.25) is 24.0 Å². The summed E-state index contributed by atoms with van der Waals surface area (Å²) >= 11 is 0. The number of fused-ring (bicyclic) bond motifs is 1. The van der Waals surface area contributed by atoms with Crippen LogP contribution in [-0.2, 0) is 24.0 Å². The molecule has 5 rings (SSSR count). The minimum absolute atomic E-state index is 0.0258. The van der Waals surface area contributed by atoms with Gasteiger partial charge in [-0.15, -0.1) is 0 Å². The van der Waals surface area contributed by atoms with E-state index >= 15 is 0 Å². The standard InChI is InChI=1S/C27H34FN5O5/c1-27(2)18-13-33(20(34)12-30-16-5-3-15(28)4-6-16)22(21(18)27)25(37)32-19(11-14-9-10-29-24(14)36)23(35)26(38)31-17-7-8-17/h3-6,14,17-19,21-22,30H,7-13H2,1-2H3,(H,29,36)(H,31,38)(H,32,37)/t14-,18-,19-,21-,22-/m0/s1. The number of rotatable bonds is 10. The highest BCUT2D eigenvalue weighted by Crippen LogP contribution is 2.64. The Morgan fingerprint density at radius 1 is 1.13 bits per heavy atom. The van der Waals surface area contributed by atoms with Gasteiger partial charge in [0.15, 0.2) is 0 Å². The number of nitrogens with zero attached hydrogens (tertiary/aromatic N) is 1. The Labute approximate surface area is 220 Å². The van der Waals surface area contributed by atoms with E-state index in [0.29, 0.717) is 25.2 Å². The van der Waals surface area contributed by atoms with E-state index in [9.17, 15) is 28.4 Å². The van der Waals surface area contributed by atoms with Gasteiger partial charge >= 0.3 is 0 Å². The maximum Gasteiger partial charge on any atom is 0.289 e. The Balaban J connectivity index is 1.29. The molecule has 2 aliphatic carbocycles. The molecule has 2 heterocycles. The Hall–Kier alpha value is -3.50. The maximum absolute atomic E-state index is 13.7. The topological polar surface area (TPSA) is 137 Å². The van der Waals surface area contributed by atoms with Crippen molar-refractivity contribution < 1.29 is 28.4 Å². The van der Waals surface area contributed by atoms with Gasteiger partial charge in [0, 0.05) is 30.7 Å². The molecule has 11 heteroatoms. The van der Waals surface area contributed by atoms with Crippen molar-refractivity contribution in [2.24, 2.45) is 23.2 Å². The third-order valence-corrected chi connectivity index (χ3v) is 8.54. The molecule has 4 amide bonds. The van der Waals surface area contributed by atoms with Gasteiger partial charge in [0.1, 0.15) is 11.9 Å². The number of carbonyl (C=O) groups excluding carboxylic acids is 5. The highest BCUT2D eigenvalue weighted by atomic mass is 19.1. The molecular formula is C27H34FN5O5. The van der Waals surface area contributed by atoms with Crippen molar-refractivity contribution in [3.63, 3.8) is 0 Å². The lowest BCUT2D eigenvalue weighted by Crippen LogP contribution is -2.56. The molecule has 0 unspecified atom stereocenters. The summed E-state index contributed by atoms with van der Waals surface area (Å²) in [5, 5.41) is 11.1.